The molecule has 1 aromatic heterocycles. The molecular weight excluding hydrogens is 360 g/mol. The van der Waals surface area contributed by atoms with Crippen LogP contribution in [-0.2, 0) is 9.59 Å². The smallest absolute Gasteiger partial charge is 0.232 e. The summed E-state index contributed by atoms with van der Waals surface area (Å²) in [5.41, 5.74) is 5.22. The molecule has 1 aliphatic rings. The zero-order chi connectivity index (χ0) is 18.8. The summed E-state index contributed by atoms with van der Waals surface area (Å²) >= 11 is 1.29. The minimum Gasteiger partial charge on any atom is -0.326 e. The Bertz CT molecular complexity index is 1000. The van der Waals surface area contributed by atoms with Crippen LogP contribution in [0.25, 0.3) is 11.3 Å². The van der Waals surface area contributed by atoms with E-state index in [4.69, 9.17) is 0 Å². The number of rotatable bonds is 5. The average molecular weight is 378 g/mol. The molecule has 0 aliphatic carbocycles. The number of nitrogens with zero attached hydrogens (tertiary/aromatic N) is 2. The zero-order valence-electron chi connectivity index (χ0n) is 14.7. The minimum atomic E-state index is -0.277. The van der Waals surface area contributed by atoms with Crippen molar-refractivity contribution in [3.63, 3.8) is 0 Å². The Morgan fingerprint density at radius 3 is 2.93 bits per heavy atom. The standard InChI is InChI=1S/C20H18N4O2S/c1-12-6-7-13(18-11-27-24-23-18)10-17(12)21-19(25)9-8-15-14-4-2-3-5-16(14)22-20(15)26/h2-7,10-11,15H,8-9H2,1H3,(H,21,25)(H,22,26)/t15-/m0/s1. The lowest BCUT2D eigenvalue weighted by molar-refractivity contribution is -0.118. The van der Waals surface area contributed by atoms with Crippen molar-refractivity contribution in [3.8, 4) is 11.3 Å². The number of hydrogen-bond donors (Lipinski definition) is 2. The van der Waals surface area contributed by atoms with Crippen molar-refractivity contribution >= 4 is 34.7 Å². The van der Waals surface area contributed by atoms with E-state index in [9.17, 15) is 9.59 Å². The highest BCUT2D eigenvalue weighted by Crippen LogP contribution is 2.35. The molecule has 0 bridgehead atoms. The van der Waals surface area contributed by atoms with Gasteiger partial charge in [0, 0.05) is 28.7 Å². The largest absolute Gasteiger partial charge is 0.326 e. The molecule has 0 fully saturated rings. The second-order valence-corrected chi connectivity index (χ2v) is 7.15. The molecule has 1 atom stereocenters. The van der Waals surface area contributed by atoms with Gasteiger partial charge in [0.15, 0.2) is 0 Å². The number of hydrogen-bond acceptors (Lipinski definition) is 5. The lowest BCUT2D eigenvalue weighted by atomic mass is 9.95. The van der Waals surface area contributed by atoms with E-state index in [1.54, 1.807) is 0 Å². The summed E-state index contributed by atoms with van der Waals surface area (Å²) in [6.07, 6.45) is 0.748. The van der Waals surface area contributed by atoms with Gasteiger partial charge in [0.2, 0.25) is 11.8 Å². The van der Waals surface area contributed by atoms with Crippen LogP contribution in [-0.4, -0.2) is 21.4 Å². The number of amides is 2. The summed E-state index contributed by atoms with van der Waals surface area (Å²) in [6.45, 7) is 1.94. The molecule has 3 aromatic rings. The first-order valence-electron chi connectivity index (χ1n) is 8.69. The average Bonchev–Trinajstić information content (AvgIpc) is 3.29. The van der Waals surface area contributed by atoms with Crippen molar-refractivity contribution in [2.45, 2.75) is 25.7 Å². The van der Waals surface area contributed by atoms with Crippen LogP contribution < -0.4 is 10.6 Å². The van der Waals surface area contributed by atoms with Gasteiger partial charge in [-0.3, -0.25) is 9.59 Å². The molecule has 4 rings (SSSR count). The van der Waals surface area contributed by atoms with Crippen molar-refractivity contribution in [1.82, 2.24) is 9.59 Å². The molecule has 0 spiro atoms. The van der Waals surface area contributed by atoms with Crippen LogP contribution in [0.2, 0.25) is 0 Å². The maximum absolute atomic E-state index is 12.5. The van der Waals surface area contributed by atoms with Gasteiger partial charge in [0.25, 0.3) is 0 Å². The van der Waals surface area contributed by atoms with Gasteiger partial charge in [-0.1, -0.05) is 34.8 Å². The number of nitrogens with one attached hydrogen (secondary N) is 2. The van der Waals surface area contributed by atoms with E-state index in [-0.39, 0.29) is 24.2 Å². The van der Waals surface area contributed by atoms with Crippen molar-refractivity contribution in [2.24, 2.45) is 0 Å². The number of carbonyl (C=O) groups excluding carboxylic acids is 2. The zero-order valence-corrected chi connectivity index (χ0v) is 15.5. The number of anilines is 2. The van der Waals surface area contributed by atoms with Crippen LogP contribution in [0.5, 0.6) is 0 Å². The number of fused-ring (bicyclic) bond motifs is 1. The first-order valence-corrected chi connectivity index (χ1v) is 9.53. The van der Waals surface area contributed by atoms with E-state index in [0.29, 0.717) is 6.42 Å². The SMILES string of the molecule is Cc1ccc(-c2csnn2)cc1NC(=O)CC[C@@H]1C(=O)Nc2ccccc21. The van der Waals surface area contributed by atoms with Gasteiger partial charge in [-0.15, -0.1) is 5.10 Å². The van der Waals surface area contributed by atoms with Crippen molar-refractivity contribution in [1.29, 1.82) is 0 Å². The summed E-state index contributed by atoms with van der Waals surface area (Å²) in [4.78, 5) is 24.6. The van der Waals surface area contributed by atoms with Gasteiger partial charge in [-0.25, -0.2) is 0 Å². The summed E-state index contributed by atoms with van der Waals surface area (Å²) in [6, 6.07) is 13.4. The van der Waals surface area contributed by atoms with Crippen molar-refractivity contribution < 1.29 is 9.59 Å². The number of carbonyl (C=O) groups is 2. The number of aryl methyl sites for hydroxylation is 1. The number of benzene rings is 2. The van der Waals surface area contributed by atoms with Gasteiger partial charge >= 0.3 is 0 Å². The highest BCUT2D eigenvalue weighted by molar-refractivity contribution is 7.03. The molecule has 27 heavy (non-hydrogen) atoms. The molecule has 7 heteroatoms. The summed E-state index contributed by atoms with van der Waals surface area (Å²) < 4.78 is 3.88. The van der Waals surface area contributed by atoms with E-state index in [1.807, 2.05) is 54.8 Å². The molecule has 2 aromatic carbocycles. The molecule has 2 amide bonds. The van der Waals surface area contributed by atoms with Crippen LogP contribution in [0.3, 0.4) is 0 Å². The minimum absolute atomic E-state index is 0.0433. The predicted molar refractivity (Wildman–Crippen MR) is 106 cm³/mol. The van der Waals surface area contributed by atoms with Crippen LogP contribution >= 0.6 is 11.5 Å². The van der Waals surface area contributed by atoms with E-state index in [1.165, 1.54) is 11.5 Å². The van der Waals surface area contributed by atoms with Gasteiger partial charge in [0.1, 0.15) is 5.69 Å². The Morgan fingerprint density at radius 2 is 2.11 bits per heavy atom. The molecule has 2 heterocycles. The summed E-state index contributed by atoms with van der Waals surface area (Å²) in [5.74, 6) is -0.428. The van der Waals surface area contributed by atoms with E-state index in [0.717, 1.165) is 33.8 Å². The van der Waals surface area contributed by atoms with E-state index in [2.05, 4.69) is 20.2 Å². The topological polar surface area (TPSA) is 84.0 Å². The molecule has 0 saturated heterocycles. The number of para-hydroxylation sites is 1. The lowest BCUT2D eigenvalue weighted by Crippen LogP contribution is -2.17. The highest BCUT2D eigenvalue weighted by Gasteiger charge is 2.30. The Morgan fingerprint density at radius 1 is 1.26 bits per heavy atom. The number of aromatic nitrogens is 2. The molecular formula is C20H18N4O2S. The van der Waals surface area contributed by atoms with E-state index >= 15 is 0 Å². The highest BCUT2D eigenvalue weighted by atomic mass is 32.1. The van der Waals surface area contributed by atoms with Gasteiger partial charge in [-0.2, -0.15) is 0 Å². The first-order chi connectivity index (χ1) is 13.1. The molecule has 0 unspecified atom stereocenters. The molecule has 6 nitrogen and oxygen atoms in total. The predicted octanol–water partition coefficient (Wildman–Crippen LogP) is 3.97. The van der Waals surface area contributed by atoms with Crippen LogP contribution in [0, 0.1) is 6.92 Å². The third-order valence-electron chi connectivity index (χ3n) is 4.74. The first kappa shape index (κ1) is 17.4. The Balaban J connectivity index is 1.43. The van der Waals surface area contributed by atoms with Gasteiger partial charge < -0.3 is 10.6 Å². The Hall–Kier alpha value is -3.06. The van der Waals surface area contributed by atoms with Crippen LogP contribution in [0.1, 0.15) is 29.9 Å². The summed E-state index contributed by atoms with van der Waals surface area (Å²) in [5, 5.41) is 11.8. The molecule has 0 radical (unpaired) electrons. The lowest BCUT2D eigenvalue weighted by Gasteiger charge is -2.12. The second kappa shape index (κ2) is 7.28. The van der Waals surface area contributed by atoms with Gasteiger partial charge in [-0.05, 0) is 48.1 Å². The van der Waals surface area contributed by atoms with Crippen LogP contribution in [0.4, 0.5) is 11.4 Å². The fraction of sp³-hybridized carbons (Fsp3) is 0.200. The molecule has 2 N–H and O–H groups in total. The third kappa shape index (κ3) is 3.59. The second-order valence-electron chi connectivity index (χ2n) is 6.54. The monoisotopic (exact) mass is 378 g/mol. The quantitative estimate of drug-likeness (QED) is 0.704. The van der Waals surface area contributed by atoms with Crippen molar-refractivity contribution in [2.75, 3.05) is 10.6 Å². The Labute approximate surface area is 160 Å². The van der Waals surface area contributed by atoms with Crippen LogP contribution in [0.15, 0.2) is 47.8 Å². The molecule has 136 valence electrons. The summed E-state index contributed by atoms with van der Waals surface area (Å²) in [7, 11) is 0. The van der Waals surface area contributed by atoms with Gasteiger partial charge in [0.05, 0.1) is 5.92 Å². The molecule has 0 saturated carbocycles. The van der Waals surface area contributed by atoms with E-state index < -0.39 is 0 Å². The normalized spacial score (nSPS) is 15.3. The fourth-order valence-electron chi connectivity index (χ4n) is 3.26. The fourth-order valence-corrected chi connectivity index (χ4v) is 3.72. The maximum atomic E-state index is 12.5. The Kier molecular flexibility index (Phi) is 4.68. The maximum Gasteiger partial charge on any atom is 0.232 e. The van der Waals surface area contributed by atoms with Crippen molar-refractivity contribution in [3.05, 3.63) is 59.0 Å². The third-order valence-corrected chi connectivity index (χ3v) is 5.24. The molecule has 1 aliphatic heterocycles.